The summed E-state index contributed by atoms with van der Waals surface area (Å²) in [5.41, 5.74) is 2.68. The van der Waals surface area contributed by atoms with Gasteiger partial charge >= 0.3 is 0 Å². The Balaban J connectivity index is 1.63. The first-order valence-electron chi connectivity index (χ1n) is 8.44. The summed E-state index contributed by atoms with van der Waals surface area (Å²) in [6.07, 6.45) is 4.07. The molecule has 2 amide bonds. The summed E-state index contributed by atoms with van der Waals surface area (Å²) < 4.78 is 0. The molecule has 0 radical (unpaired) electrons. The summed E-state index contributed by atoms with van der Waals surface area (Å²) in [7, 11) is 0. The minimum absolute atomic E-state index is 0.0180. The minimum atomic E-state index is -0.486. The fourth-order valence-corrected chi connectivity index (χ4v) is 2.94. The number of nitrogens with zero attached hydrogens (tertiary/aromatic N) is 4. The SMILES string of the molecule is Cc1cnc(CN2C(=O)CN(CCc3ccccc3)C(=O)[C@H]2C)cn1. The van der Waals surface area contributed by atoms with E-state index >= 15 is 0 Å². The lowest BCUT2D eigenvalue weighted by molar-refractivity contribution is -0.155. The number of carbonyl (C=O) groups excluding carboxylic acids is 2. The fraction of sp³-hybridized carbons (Fsp3) is 0.368. The first kappa shape index (κ1) is 17.1. The summed E-state index contributed by atoms with van der Waals surface area (Å²) >= 11 is 0. The average molecular weight is 338 g/mol. The molecule has 1 aliphatic rings. The van der Waals surface area contributed by atoms with Gasteiger partial charge in [-0.3, -0.25) is 19.6 Å². The fourth-order valence-electron chi connectivity index (χ4n) is 2.94. The number of piperazine rings is 1. The summed E-state index contributed by atoms with van der Waals surface area (Å²) in [5.74, 6) is -0.0712. The van der Waals surface area contributed by atoms with E-state index in [2.05, 4.69) is 9.97 Å². The van der Waals surface area contributed by atoms with E-state index in [1.165, 1.54) is 0 Å². The number of amides is 2. The van der Waals surface area contributed by atoms with Crippen LogP contribution in [-0.4, -0.2) is 50.7 Å². The van der Waals surface area contributed by atoms with Crippen LogP contribution in [0, 0.1) is 6.92 Å². The molecule has 1 aliphatic heterocycles. The molecule has 2 heterocycles. The predicted molar refractivity (Wildman–Crippen MR) is 93.5 cm³/mol. The van der Waals surface area contributed by atoms with Crippen LogP contribution >= 0.6 is 0 Å². The van der Waals surface area contributed by atoms with Crippen molar-refractivity contribution in [2.75, 3.05) is 13.1 Å². The molecule has 2 aromatic rings. The molecular weight excluding hydrogens is 316 g/mol. The molecule has 25 heavy (non-hydrogen) atoms. The van der Waals surface area contributed by atoms with Crippen molar-refractivity contribution in [3.63, 3.8) is 0 Å². The Bertz CT molecular complexity index is 746. The molecule has 0 N–H and O–H groups in total. The summed E-state index contributed by atoms with van der Waals surface area (Å²) in [6, 6.07) is 9.49. The van der Waals surface area contributed by atoms with Gasteiger partial charge in [0, 0.05) is 12.7 Å². The molecule has 1 aromatic carbocycles. The van der Waals surface area contributed by atoms with Crippen molar-refractivity contribution in [1.29, 1.82) is 0 Å². The van der Waals surface area contributed by atoms with E-state index in [0.29, 0.717) is 18.8 Å². The molecule has 130 valence electrons. The normalized spacial score (nSPS) is 17.9. The molecule has 0 saturated carbocycles. The van der Waals surface area contributed by atoms with Crippen molar-refractivity contribution >= 4 is 11.8 Å². The highest BCUT2D eigenvalue weighted by atomic mass is 16.2. The minimum Gasteiger partial charge on any atom is -0.331 e. The number of aromatic nitrogens is 2. The van der Waals surface area contributed by atoms with E-state index in [9.17, 15) is 9.59 Å². The summed E-state index contributed by atoms with van der Waals surface area (Å²) in [5, 5.41) is 0. The highest BCUT2D eigenvalue weighted by Gasteiger charge is 2.36. The van der Waals surface area contributed by atoms with Gasteiger partial charge in [0.1, 0.15) is 6.04 Å². The topological polar surface area (TPSA) is 66.4 Å². The third-order valence-electron chi connectivity index (χ3n) is 4.46. The van der Waals surface area contributed by atoms with Crippen LogP contribution < -0.4 is 0 Å². The van der Waals surface area contributed by atoms with Crippen molar-refractivity contribution in [3.05, 3.63) is 59.7 Å². The first-order valence-corrected chi connectivity index (χ1v) is 8.44. The van der Waals surface area contributed by atoms with Crippen LogP contribution in [0.5, 0.6) is 0 Å². The van der Waals surface area contributed by atoms with Gasteiger partial charge in [0.15, 0.2) is 0 Å². The molecule has 0 aliphatic carbocycles. The molecule has 6 heteroatoms. The second-order valence-electron chi connectivity index (χ2n) is 6.34. The third-order valence-corrected chi connectivity index (χ3v) is 4.46. The van der Waals surface area contributed by atoms with E-state index in [1.807, 2.05) is 37.3 Å². The van der Waals surface area contributed by atoms with Crippen molar-refractivity contribution in [2.45, 2.75) is 32.9 Å². The predicted octanol–water partition coefficient (Wildman–Crippen LogP) is 1.59. The van der Waals surface area contributed by atoms with E-state index in [4.69, 9.17) is 0 Å². The van der Waals surface area contributed by atoms with Crippen LogP contribution in [-0.2, 0) is 22.6 Å². The second-order valence-corrected chi connectivity index (χ2v) is 6.34. The van der Waals surface area contributed by atoms with Gasteiger partial charge in [0.2, 0.25) is 11.8 Å². The molecule has 0 bridgehead atoms. The monoisotopic (exact) mass is 338 g/mol. The van der Waals surface area contributed by atoms with Crippen LogP contribution in [0.25, 0.3) is 0 Å². The Morgan fingerprint density at radius 3 is 2.56 bits per heavy atom. The summed E-state index contributed by atoms with van der Waals surface area (Å²) in [4.78, 5) is 36.9. The number of aryl methyl sites for hydroxylation is 1. The Morgan fingerprint density at radius 1 is 1.12 bits per heavy atom. The number of rotatable bonds is 5. The first-order chi connectivity index (χ1) is 12.0. The van der Waals surface area contributed by atoms with Gasteiger partial charge in [-0.25, -0.2) is 0 Å². The van der Waals surface area contributed by atoms with Crippen LogP contribution in [0.1, 0.15) is 23.9 Å². The van der Waals surface area contributed by atoms with Gasteiger partial charge in [0.25, 0.3) is 0 Å². The Labute approximate surface area is 147 Å². The van der Waals surface area contributed by atoms with Gasteiger partial charge in [-0.2, -0.15) is 0 Å². The van der Waals surface area contributed by atoms with Gasteiger partial charge in [-0.15, -0.1) is 0 Å². The lowest BCUT2D eigenvalue weighted by atomic mass is 10.1. The molecule has 0 unspecified atom stereocenters. The quantitative estimate of drug-likeness (QED) is 0.830. The Hall–Kier alpha value is -2.76. The van der Waals surface area contributed by atoms with Crippen LogP contribution in [0.3, 0.4) is 0 Å². The number of benzene rings is 1. The zero-order valence-electron chi connectivity index (χ0n) is 14.6. The second kappa shape index (κ2) is 7.42. The maximum absolute atomic E-state index is 12.6. The van der Waals surface area contributed by atoms with Crippen molar-refractivity contribution in [1.82, 2.24) is 19.8 Å². The standard InChI is InChI=1S/C19H22N4O2/c1-14-10-21-17(11-20-14)12-23-15(2)19(25)22(13-18(23)24)9-8-16-6-4-3-5-7-16/h3-7,10-11,15H,8-9,12-13H2,1-2H3/t15-/m1/s1. The highest BCUT2D eigenvalue weighted by Crippen LogP contribution is 2.16. The molecule has 1 fully saturated rings. The van der Waals surface area contributed by atoms with Gasteiger partial charge in [0.05, 0.1) is 30.7 Å². The summed E-state index contributed by atoms with van der Waals surface area (Å²) in [6.45, 7) is 4.62. The molecule has 6 nitrogen and oxygen atoms in total. The van der Waals surface area contributed by atoms with Gasteiger partial charge < -0.3 is 9.80 Å². The molecular formula is C19H22N4O2. The number of hydrogen-bond donors (Lipinski definition) is 0. The Morgan fingerprint density at radius 2 is 1.88 bits per heavy atom. The Kier molecular flexibility index (Phi) is 5.07. The van der Waals surface area contributed by atoms with Crippen LogP contribution in [0.4, 0.5) is 0 Å². The van der Waals surface area contributed by atoms with Crippen molar-refractivity contribution in [3.8, 4) is 0 Å². The molecule has 0 spiro atoms. The smallest absolute Gasteiger partial charge is 0.245 e. The molecule has 1 aromatic heterocycles. The van der Waals surface area contributed by atoms with Crippen LogP contribution in [0.15, 0.2) is 42.7 Å². The maximum Gasteiger partial charge on any atom is 0.245 e. The van der Waals surface area contributed by atoms with E-state index in [-0.39, 0.29) is 18.4 Å². The van der Waals surface area contributed by atoms with E-state index < -0.39 is 6.04 Å². The molecule has 1 saturated heterocycles. The average Bonchev–Trinajstić information content (AvgIpc) is 2.63. The molecule has 3 rings (SSSR count). The third kappa shape index (κ3) is 4.02. The van der Waals surface area contributed by atoms with Crippen molar-refractivity contribution in [2.24, 2.45) is 0 Å². The number of hydrogen-bond acceptors (Lipinski definition) is 4. The lowest BCUT2D eigenvalue weighted by Crippen LogP contribution is -2.58. The van der Waals surface area contributed by atoms with Gasteiger partial charge in [-0.05, 0) is 25.8 Å². The zero-order chi connectivity index (χ0) is 17.8. The van der Waals surface area contributed by atoms with E-state index in [1.54, 1.807) is 29.1 Å². The lowest BCUT2D eigenvalue weighted by Gasteiger charge is -2.38. The number of carbonyl (C=O) groups is 2. The van der Waals surface area contributed by atoms with Gasteiger partial charge in [-0.1, -0.05) is 30.3 Å². The highest BCUT2D eigenvalue weighted by molar-refractivity contribution is 5.94. The largest absolute Gasteiger partial charge is 0.331 e. The van der Waals surface area contributed by atoms with Crippen LogP contribution in [0.2, 0.25) is 0 Å². The molecule has 1 atom stereocenters. The maximum atomic E-state index is 12.6. The van der Waals surface area contributed by atoms with Crippen molar-refractivity contribution < 1.29 is 9.59 Å². The zero-order valence-corrected chi connectivity index (χ0v) is 14.6. The van der Waals surface area contributed by atoms with E-state index in [0.717, 1.165) is 17.7 Å².